The van der Waals surface area contributed by atoms with E-state index >= 15 is 0 Å². The first-order chi connectivity index (χ1) is 9.65. The number of nitrogens with zero attached hydrogens (tertiary/aromatic N) is 2. The molecule has 1 heterocycles. The first-order valence-electron chi connectivity index (χ1n) is 5.81. The van der Waals surface area contributed by atoms with Gasteiger partial charge in [-0.1, -0.05) is 30.0 Å². The van der Waals surface area contributed by atoms with Crippen molar-refractivity contribution in [3.05, 3.63) is 46.4 Å². The van der Waals surface area contributed by atoms with Crippen LogP contribution >= 0.6 is 11.8 Å². The third kappa shape index (κ3) is 4.09. The normalized spacial score (nSPS) is 10.1. The third-order valence-corrected chi connectivity index (χ3v) is 3.16. The van der Waals surface area contributed by atoms with Gasteiger partial charge in [-0.2, -0.15) is 0 Å². The molecule has 2 aromatic rings. The molecule has 8 heteroatoms. The van der Waals surface area contributed by atoms with Crippen LogP contribution in [0.15, 0.2) is 40.3 Å². The van der Waals surface area contributed by atoms with Crippen molar-refractivity contribution in [3.63, 3.8) is 0 Å². The quantitative estimate of drug-likeness (QED) is 0.554. The fraction of sp³-hybridized carbons (Fsp3) is 0.167. The van der Waals surface area contributed by atoms with Crippen LogP contribution < -0.4 is 16.4 Å². The Hall–Kier alpha value is -2.35. The van der Waals surface area contributed by atoms with Crippen LogP contribution in [0.3, 0.4) is 0 Å². The number of rotatable bonds is 5. The van der Waals surface area contributed by atoms with Gasteiger partial charge in [0, 0.05) is 0 Å². The summed E-state index contributed by atoms with van der Waals surface area (Å²) in [5.74, 6) is -0.116. The summed E-state index contributed by atoms with van der Waals surface area (Å²) in [5, 5.41) is 7.79. The molecule has 0 spiro atoms. The predicted molar refractivity (Wildman–Crippen MR) is 76.3 cm³/mol. The van der Waals surface area contributed by atoms with Crippen LogP contribution in [0.4, 0.5) is 5.69 Å². The van der Waals surface area contributed by atoms with Gasteiger partial charge in [0.1, 0.15) is 5.69 Å². The fourth-order valence-corrected chi connectivity index (χ4v) is 1.88. The van der Waals surface area contributed by atoms with Crippen LogP contribution in [0.5, 0.6) is 0 Å². The molecule has 104 valence electrons. The van der Waals surface area contributed by atoms with Crippen molar-refractivity contribution in [1.29, 1.82) is 0 Å². The number of H-pyrrole nitrogens is 1. The number of para-hydroxylation sites is 1. The molecule has 2 rings (SSSR count). The fourth-order valence-electron chi connectivity index (χ4n) is 1.28. The number of carbonyl (C=O) groups is 1. The van der Waals surface area contributed by atoms with Crippen LogP contribution in [0.1, 0.15) is 5.69 Å². The highest BCUT2D eigenvalue weighted by molar-refractivity contribution is 7.99. The maximum atomic E-state index is 11.6. The van der Waals surface area contributed by atoms with Crippen LogP contribution in [-0.4, -0.2) is 26.8 Å². The number of benzene rings is 1. The molecule has 7 nitrogen and oxygen atoms in total. The highest BCUT2D eigenvalue weighted by Gasteiger charge is 2.05. The van der Waals surface area contributed by atoms with Gasteiger partial charge in [-0.25, -0.2) is 0 Å². The minimum absolute atomic E-state index is 0.119. The summed E-state index contributed by atoms with van der Waals surface area (Å²) < 4.78 is 0. The topological polar surface area (TPSA) is 99.8 Å². The molecule has 0 bridgehead atoms. The van der Waals surface area contributed by atoms with E-state index in [2.05, 4.69) is 26.0 Å². The third-order valence-electron chi connectivity index (χ3n) is 2.30. The van der Waals surface area contributed by atoms with Gasteiger partial charge in [0.25, 0.3) is 5.56 Å². The molecule has 0 aliphatic carbocycles. The number of aromatic amines is 1. The molecule has 0 radical (unpaired) electrons. The number of thioether (sulfide) groups is 1. The van der Waals surface area contributed by atoms with Crippen molar-refractivity contribution >= 4 is 23.4 Å². The number of nitrogens with one attached hydrogen (secondary N) is 3. The maximum absolute atomic E-state index is 11.6. The predicted octanol–water partition coefficient (Wildman–Crippen LogP) is 0.709. The molecule has 0 fully saturated rings. The van der Waals surface area contributed by atoms with Gasteiger partial charge in [-0.05, 0) is 19.1 Å². The zero-order valence-corrected chi connectivity index (χ0v) is 11.5. The van der Waals surface area contributed by atoms with Crippen LogP contribution in [0, 0.1) is 6.92 Å². The second-order valence-corrected chi connectivity index (χ2v) is 4.84. The first kappa shape index (κ1) is 14.1. The number of amides is 1. The van der Waals surface area contributed by atoms with E-state index in [4.69, 9.17) is 0 Å². The van der Waals surface area contributed by atoms with Gasteiger partial charge in [-0.3, -0.25) is 25.4 Å². The van der Waals surface area contributed by atoms with Crippen molar-refractivity contribution < 1.29 is 4.79 Å². The van der Waals surface area contributed by atoms with Gasteiger partial charge in [-0.15, -0.1) is 10.2 Å². The number of carbonyl (C=O) groups excluding carboxylic acids is 1. The van der Waals surface area contributed by atoms with Crippen molar-refractivity contribution in [2.24, 2.45) is 0 Å². The number of anilines is 1. The summed E-state index contributed by atoms with van der Waals surface area (Å²) in [6.45, 7) is 1.57. The van der Waals surface area contributed by atoms with E-state index < -0.39 is 0 Å². The second-order valence-electron chi connectivity index (χ2n) is 3.87. The Balaban J connectivity index is 1.80. The molecule has 0 saturated heterocycles. The molecule has 0 aliphatic rings. The van der Waals surface area contributed by atoms with Gasteiger partial charge >= 0.3 is 0 Å². The van der Waals surface area contributed by atoms with Crippen LogP contribution in [-0.2, 0) is 4.79 Å². The van der Waals surface area contributed by atoms with Crippen LogP contribution in [0.2, 0.25) is 0 Å². The lowest BCUT2D eigenvalue weighted by atomic mass is 10.3. The van der Waals surface area contributed by atoms with Gasteiger partial charge in [0.15, 0.2) is 5.16 Å². The highest BCUT2D eigenvalue weighted by Crippen LogP contribution is 2.09. The SMILES string of the molecule is Cc1nnc(SCC(=O)NNc2ccccc2)[nH]c1=O. The van der Waals surface area contributed by atoms with Crippen LogP contribution in [0.25, 0.3) is 0 Å². The molecule has 1 aromatic heterocycles. The van der Waals surface area contributed by atoms with Gasteiger partial charge < -0.3 is 0 Å². The molecular weight excluding hydrogens is 278 g/mol. The number of hydrazine groups is 1. The van der Waals surface area contributed by atoms with E-state index in [-0.39, 0.29) is 17.2 Å². The molecular formula is C12H13N5O2S. The van der Waals surface area contributed by atoms with E-state index in [0.29, 0.717) is 10.9 Å². The number of aromatic nitrogens is 3. The molecule has 3 N–H and O–H groups in total. The van der Waals surface area contributed by atoms with E-state index in [1.54, 1.807) is 6.92 Å². The molecule has 0 unspecified atom stereocenters. The molecule has 20 heavy (non-hydrogen) atoms. The monoisotopic (exact) mass is 291 g/mol. The Bertz CT molecular complexity index is 644. The van der Waals surface area contributed by atoms with E-state index in [0.717, 1.165) is 17.4 Å². The Morgan fingerprint density at radius 2 is 2.05 bits per heavy atom. The Morgan fingerprint density at radius 3 is 2.75 bits per heavy atom. The standard InChI is InChI=1S/C12H13N5O2S/c1-8-11(19)13-12(17-14-8)20-7-10(18)16-15-9-5-3-2-4-6-9/h2-6,15H,7H2,1H3,(H,16,18)(H,13,17,19). The summed E-state index contributed by atoms with van der Waals surface area (Å²) in [5.41, 5.74) is 6.11. The lowest BCUT2D eigenvalue weighted by molar-refractivity contribution is -0.118. The number of hydrogen-bond donors (Lipinski definition) is 3. The maximum Gasteiger partial charge on any atom is 0.273 e. The summed E-state index contributed by atoms with van der Waals surface area (Å²) >= 11 is 1.11. The smallest absolute Gasteiger partial charge is 0.273 e. The summed E-state index contributed by atoms with van der Waals surface area (Å²) in [6.07, 6.45) is 0. The minimum atomic E-state index is -0.301. The average Bonchev–Trinajstić information content (AvgIpc) is 2.47. The largest absolute Gasteiger partial charge is 0.299 e. The van der Waals surface area contributed by atoms with E-state index in [9.17, 15) is 9.59 Å². The lowest BCUT2D eigenvalue weighted by Gasteiger charge is -2.07. The first-order valence-corrected chi connectivity index (χ1v) is 6.80. The number of aryl methyl sites for hydroxylation is 1. The van der Waals surface area contributed by atoms with Crippen molar-refractivity contribution in [1.82, 2.24) is 20.6 Å². The van der Waals surface area contributed by atoms with E-state index in [1.165, 1.54) is 0 Å². The zero-order valence-electron chi connectivity index (χ0n) is 10.7. The summed E-state index contributed by atoms with van der Waals surface area (Å²) in [7, 11) is 0. The Labute approximate surface area is 119 Å². The zero-order chi connectivity index (χ0) is 14.4. The van der Waals surface area contributed by atoms with Gasteiger partial charge in [0.05, 0.1) is 11.4 Å². The number of hydrogen-bond acceptors (Lipinski definition) is 6. The second kappa shape index (κ2) is 6.71. The molecule has 0 saturated carbocycles. The Kier molecular flexibility index (Phi) is 4.72. The van der Waals surface area contributed by atoms with Gasteiger partial charge in [0.2, 0.25) is 5.91 Å². The van der Waals surface area contributed by atoms with Crippen molar-refractivity contribution in [2.75, 3.05) is 11.2 Å². The average molecular weight is 291 g/mol. The minimum Gasteiger partial charge on any atom is -0.299 e. The summed E-state index contributed by atoms with van der Waals surface area (Å²) in [4.78, 5) is 25.5. The molecule has 0 atom stereocenters. The van der Waals surface area contributed by atoms with Crippen molar-refractivity contribution in [3.8, 4) is 0 Å². The summed E-state index contributed by atoms with van der Waals surface area (Å²) in [6, 6.07) is 9.26. The molecule has 1 amide bonds. The molecule has 0 aliphatic heterocycles. The molecule has 1 aromatic carbocycles. The highest BCUT2D eigenvalue weighted by atomic mass is 32.2. The van der Waals surface area contributed by atoms with E-state index in [1.807, 2.05) is 30.3 Å². The lowest BCUT2D eigenvalue weighted by Crippen LogP contribution is -2.31. The van der Waals surface area contributed by atoms with Crippen molar-refractivity contribution in [2.45, 2.75) is 12.1 Å². The Morgan fingerprint density at radius 1 is 1.30 bits per heavy atom.